The zero-order valence-electron chi connectivity index (χ0n) is 24.5. The smallest absolute Gasteiger partial charge is 0.270 e. The monoisotopic (exact) mass is 599 g/mol. The van der Waals surface area contributed by atoms with Crippen LogP contribution in [0.3, 0.4) is 0 Å². The number of carbonyl (C=O) groups excluding carboxylic acids is 3. The first-order chi connectivity index (χ1) is 21.7. The van der Waals surface area contributed by atoms with Crippen molar-refractivity contribution in [3.05, 3.63) is 141 Å². The number of rotatable bonds is 7. The average molecular weight is 600 g/mol. The van der Waals surface area contributed by atoms with Gasteiger partial charge in [-0.2, -0.15) is 0 Å². The molecule has 0 aliphatic carbocycles. The maximum atomic E-state index is 14.9. The van der Waals surface area contributed by atoms with Crippen molar-refractivity contribution in [1.82, 2.24) is 4.90 Å². The van der Waals surface area contributed by atoms with Crippen molar-refractivity contribution in [1.29, 1.82) is 0 Å². The van der Waals surface area contributed by atoms with E-state index in [0.717, 1.165) is 11.1 Å². The fraction of sp³-hybridized carbons (Fsp3) is 0.194. The van der Waals surface area contributed by atoms with E-state index < -0.39 is 40.0 Å². The predicted molar refractivity (Wildman–Crippen MR) is 168 cm³/mol. The summed E-state index contributed by atoms with van der Waals surface area (Å²) in [5.41, 5.74) is 1.48. The summed E-state index contributed by atoms with van der Waals surface area (Å²) in [6.07, 6.45) is 3.62. The zero-order valence-corrected chi connectivity index (χ0v) is 24.5. The van der Waals surface area contributed by atoms with Gasteiger partial charge in [-0.3, -0.25) is 24.5 Å². The molecular weight excluding hydrogens is 570 g/mol. The number of ketones is 2. The molecule has 1 amide bonds. The molecule has 0 unspecified atom stereocenters. The van der Waals surface area contributed by atoms with Gasteiger partial charge >= 0.3 is 0 Å². The second-order valence-corrected chi connectivity index (χ2v) is 11.8. The molecule has 3 aliphatic heterocycles. The molecule has 4 aromatic rings. The Labute approximate surface area is 259 Å². The third-order valence-electron chi connectivity index (χ3n) is 8.97. The predicted octanol–water partition coefficient (Wildman–Crippen LogP) is 6.36. The van der Waals surface area contributed by atoms with Gasteiger partial charge in [-0.25, -0.2) is 0 Å². The lowest BCUT2D eigenvalue weighted by Crippen LogP contribution is -2.49. The minimum absolute atomic E-state index is 0.0568. The van der Waals surface area contributed by atoms with Crippen LogP contribution in [0.25, 0.3) is 6.08 Å². The second-order valence-electron chi connectivity index (χ2n) is 11.8. The van der Waals surface area contributed by atoms with Crippen LogP contribution in [0.5, 0.6) is 5.75 Å². The number of nitro groups is 1. The molecule has 9 heteroatoms. The van der Waals surface area contributed by atoms with Gasteiger partial charge in [0.15, 0.2) is 11.6 Å². The van der Waals surface area contributed by atoms with E-state index in [4.69, 9.17) is 4.74 Å². The number of ether oxygens (including phenoxy) is 1. The lowest BCUT2D eigenvalue weighted by molar-refractivity contribution is -0.384. The molecule has 0 saturated carbocycles. The molecular formula is C36H29N3O6. The van der Waals surface area contributed by atoms with E-state index in [2.05, 4.69) is 5.32 Å². The van der Waals surface area contributed by atoms with Crippen molar-refractivity contribution in [3.8, 4) is 5.75 Å². The number of fused-ring (bicyclic) bond motifs is 6. The number of non-ortho nitro benzene ring substituents is 1. The van der Waals surface area contributed by atoms with E-state index >= 15 is 0 Å². The minimum atomic E-state index is -1.53. The summed E-state index contributed by atoms with van der Waals surface area (Å²) in [6.45, 7) is 3.82. The van der Waals surface area contributed by atoms with Crippen LogP contribution in [0, 0.1) is 16.0 Å². The summed E-state index contributed by atoms with van der Waals surface area (Å²) in [6, 6.07) is 25.3. The van der Waals surface area contributed by atoms with Crippen LogP contribution in [0.2, 0.25) is 0 Å². The van der Waals surface area contributed by atoms with Gasteiger partial charge in [-0.1, -0.05) is 54.6 Å². The van der Waals surface area contributed by atoms with Gasteiger partial charge in [0.1, 0.15) is 17.2 Å². The molecule has 0 aromatic heterocycles. The van der Waals surface area contributed by atoms with Gasteiger partial charge < -0.3 is 15.0 Å². The number of Topliss-reactive ketones (excluding diaryl/α,β-unsaturated/α-hetero) is 2. The van der Waals surface area contributed by atoms with Crippen LogP contribution >= 0.6 is 0 Å². The molecule has 3 aliphatic rings. The third-order valence-corrected chi connectivity index (χ3v) is 8.97. The number of hydrogen-bond donors (Lipinski definition) is 1. The fourth-order valence-corrected chi connectivity index (χ4v) is 7.26. The first kappa shape index (κ1) is 28.2. The van der Waals surface area contributed by atoms with Crippen LogP contribution in [0.4, 0.5) is 11.4 Å². The molecule has 9 nitrogen and oxygen atoms in total. The quantitative estimate of drug-likeness (QED) is 0.149. The summed E-state index contributed by atoms with van der Waals surface area (Å²) in [5.74, 6) is -1.91. The molecule has 3 heterocycles. The molecule has 0 bridgehead atoms. The molecule has 1 spiro atoms. The lowest BCUT2D eigenvalue weighted by Gasteiger charge is -2.38. The summed E-state index contributed by atoms with van der Waals surface area (Å²) < 4.78 is 5.78. The van der Waals surface area contributed by atoms with Crippen LogP contribution in [0.1, 0.15) is 57.3 Å². The van der Waals surface area contributed by atoms with E-state index in [-0.39, 0.29) is 23.1 Å². The number of nitro benzene ring substituents is 1. The maximum absolute atomic E-state index is 14.9. The van der Waals surface area contributed by atoms with Crippen molar-refractivity contribution in [2.45, 2.75) is 37.5 Å². The maximum Gasteiger partial charge on any atom is 0.270 e. The summed E-state index contributed by atoms with van der Waals surface area (Å²) in [7, 11) is 0. The topological polar surface area (TPSA) is 119 Å². The number of benzene rings is 4. The van der Waals surface area contributed by atoms with Crippen LogP contribution in [-0.4, -0.2) is 39.4 Å². The van der Waals surface area contributed by atoms with Gasteiger partial charge in [0, 0.05) is 35.1 Å². The molecule has 1 N–H and O–H groups in total. The number of para-hydroxylation sites is 1. The second kappa shape index (κ2) is 10.6. The van der Waals surface area contributed by atoms with Crippen molar-refractivity contribution < 1.29 is 24.0 Å². The van der Waals surface area contributed by atoms with Crippen molar-refractivity contribution in [3.63, 3.8) is 0 Å². The van der Waals surface area contributed by atoms with Gasteiger partial charge in [-0.05, 0) is 66.9 Å². The Morgan fingerprint density at radius 1 is 0.911 bits per heavy atom. The summed E-state index contributed by atoms with van der Waals surface area (Å²) in [4.78, 5) is 57.1. The highest BCUT2D eigenvalue weighted by molar-refractivity contribution is 6.16. The Hall–Kier alpha value is -5.57. The van der Waals surface area contributed by atoms with Crippen LogP contribution in [0.15, 0.2) is 103 Å². The Morgan fingerprint density at radius 3 is 2.40 bits per heavy atom. The molecule has 4 aromatic carbocycles. The summed E-state index contributed by atoms with van der Waals surface area (Å²) in [5, 5.41) is 14.7. The molecule has 0 radical (unpaired) electrons. The number of anilines is 1. The highest BCUT2D eigenvalue weighted by atomic mass is 16.6. The Balaban J connectivity index is 1.48. The van der Waals surface area contributed by atoms with Gasteiger partial charge in [0.25, 0.3) is 5.69 Å². The van der Waals surface area contributed by atoms with E-state index in [9.17, 15) is 24.5 Å². The molecule has 4 atom stereocenters. The van der Waals surface area contributed by atoms with E-state index in [1.165, 1.54) is 24.3 Å². The molecule has 224 valence electrons. The van der Waals surface area contributed by atoms with Crippen molar-refractivity contribution in [2.75, 3.05) is 5.32 Å². The molecule has 1 fully saturated rings. The molecule has 45 heavy (non-hydrogen) atoms. The SMILES string of the molecule is CC(C)Oc1ccc(C(=O)[C@@H]2[C@@H](C(=O)c3cccc([N+](=O)[O-])c3)[C@]3(C(=O)Nc4ccccc43)[C@H]3c4ccccc4C=CN23)cc1. The fourth-order valence-electron chi connectivity index (χ4n) is 7.26. The Bertz CT molecular complexity index is 1920. The highest BCUT2D eigenvalue weighted by Gasteiger charge is 2.70. The standard InChI is InChI=1S/C36H29N3O6/c1-21(2)45-26-16-14-23(15-17-26)33(41)31-30(32(40)24-9-7-10-25(20-24)39(43)44)36(28-12-5-6-13-29(28)37-35(36)42)34-27-11-4-3-8-22(27)18-19-38(31)34/h3-21,30-31,34H,1-2H3,(H,37,42)/t30-,31-,34+,36-/m0/s1. The Morgan fingerprint density at radius 2 is 1.64 bits per heavy atom. The van der Waals surface area contributed by atoms with Gasteiger partial charge in [0.05, 0.1) is 23.0 Å². The highest BCUT2D eigenvalue weighted by Crippen LogP contribution is 2.62. The van der Waals surface area contributed by atoms with E-state index in [0.29, 0.717) is 22.6 Å². The first-order valence-electron chi connectivity index (χ1n) is 14.8. The molecule has 1 saturated heterocycles. The Kier molecular flexibility index (Phi) is 6.62. The van der Waals surface area contributed by atoms with Gasteiger partial charge in [-0.15, -0.1) is 0 Å². The number of nitrogens with zero attached hydrogens (tertiary/aromatic N) is 2. The summed E-state index contributed by atoms with van der Waals surface area (Å²) >= 11 is 0. The lowest BCUT2D eigenvalue weighted by atomic mass is 9.62. The van der Waals surface area contributed by atoms with Crippen molar-refractivity contribution in [2.24, 2.45) is 5.92 Å². The number of amides is 1. The first-order valence-corrected chi connectivity index (χ1v) is 14.8. The number of carbonyl (C=O) groups is 3. The van der Waals surface area contributed by atoms with E-state index in [1.807, 2.05) is 61.2 Å². The van der Waals surface area contributed by atoms with Gasteiger partial charge in [0.2, 0.25) is 5.91 Å². The van der Waals surface area contributed by atoms with E-state index in [1.54, 1.807) is 42.6 Å². The number of hydrogen-bond acceptors (Lipinski definition) is 7. The zero-order chi connectivity index (χ0) is 31.5. The average Bonchev–Trinajstić information content (AvgIpc) is 3.52. The van der Waals surface area contributed by atoms with Crippen LogP contribution in [-0.2, 0) is 10.2 Å². The largest absolute Gasteiger partial charge is 0.491 e. The third kappa shape index (κ3) is 4.26. The normalized spacial score (nSPS) is 22.5. The number of nitrogens with one attached hydrogen (secondary N) is 1. The van der Waals surface area contributed by atoms with Crippen molar-refractivity contribution >= 4 is 34.9 Å². The molecule has 7 rings (SSSR count). The van der Waals surface area contributed by atoms with Crippen LogP contribution < -0.4 is 10.1 Å². The minimum Gasteiger partial charge on any atom is -0.491 e.